The monoisotopic (exact) mass is 405 g/mol. The van der Waals surface area contributed by atoms with E-state index in [0.717, 1.165) is 5.56 Å². The molecule has 1 aliphatic heterocycles. The number of benzene rings is 2. The minimum absolute atomic E-state index is 0.0338. The normalized spacial score (nSPS) is 16.5. The Labute approximate surface area is 165 Å². The van der Waals surface area contributed by atoms with Crippen LogP contribution in [0.5, 0.6) is 0 Å². The highest BCUT2D eigenvalue weighted by Crippen LogP contribution is 2.21. The lowest BCUT2D eigenvalue weighted by molar-refractivity contribution is 0.0730. The number of morpholine rings is 1. The van der Waals surface area contributed by atoms with Crippen LogP contribution in [0.15, 0.2) is 59.5 Å². The summed E-state index contributed by atoms with van der Waals surface area (Å²) in [5.41, 5.74) is 1.74. The lowest BCUT2D eigenvalue weighted by Gasteiger charge is -2.26. The summed E-state index contributed by atoms with van der Waals surface area (Å²) in [6.45, 7) is 3.59. The third-order valence-electron chi connectivity index (χ3n) is 4.35. The maximum Gasteiger partial charge on any atom is 0.243 e. The maximum atomic E-state index is 12.8. The first-order valence-corrected chi connectivity index (χ1v) is 10.6. The zero-order valence-corrected chi connectivity index (χ0v) is 16.7. The Morgan fingerprint density at radius 1 is 1.11 bits per heavy atom. The van der Waals surface area contributed by atoms with Crippen molar-refractivity contribution >= 4 is 33.0 Å². The van der Waals surface area contributed by atoms with Gasteiger partial charge in [0.1, 0.15) is 0 Å². The van der Waals surface area contributed by atoms with Gasteiger partial charge in [0.15, 0.2) is 5.11 Å². The van der Waals surface area contributed by atoms with Crippen molar-refractivity contribution in [1.29, 1.82) is 0 Å². The molecule has 2 aromatic carbocycles. The second-order valence-electron chi connectivity index (χ2n) is 6.28. The molecular formula is C19H23N3O3S2. The summed E-state index contributed by atoms with van der Waals surface area (Å²) < 4.78 is 32.2. The van der Waals surface area contributed by atoms with Gasteiger partial charge in [-0.2, -0.15) is 4.31 Å². The second kappa shape index (κ2) is 8.79. The van der Waals surface area contributed by atoms with Gasteiger partial charge >= 0.3 is 0 Å². The van der Waals surface area contributed by atoms with Gasteiger partial charge in [-0.3, -0.25) is 0 Å². The molecule has 1 atom stereocenters. The van der Waals surface area contributed by atoms with Crippen molar-refractivity contribution in [3.05, 3.63) is 60.2 Å². The van der Waals surface area contributed by atoms with Crippen molar-refractivity contribution in [2.24, 2.45) is 0 Å². The smallest absolute Gasteiger partial charge is 0.243 e. The predicted molar refractivity (Wildman–Crippen MR) is 110 cm³/mol. The molecule has 0 radical (unpaired) electrons. The van der Waals surface area contributed by atoms with E-state index in [1.165, 1.54) is 4.31 Å². The summed E-state index contributed by atoms with van der Waals surface area (Å²) in [5, 5.41) is 6.72. The first kappa shape index (κ1) is 19.8. The van der Waals surface area contributed by atoms with Crippen LogP contribution in [0.2, 0.25) is 0 Å². The number of nitrogens with one attached hydrogen (secondary N) is 2. The Kier molecular flexibility index (Phi) is 6.43. The van der Waals surface area contributed by atoms with Crippen molar-refractivity contribution in [3.8, 4) is 0 Å². The predicted octanol–water partition coefficient (Wildman–Crippen LogP) is 2.76. The van der Waals surface area contributed by atoms with E-state index in [4.69, 9.17) is 17.0 Å². The second-order valence-corrected chi connectivity index (χ2v) is 8.62. The summed E-state index contributed by atoms with van der Waals surface area (Å²) in [6.07, 6.45) is 0. The lowest BCUT2D eigenvalue weighted by atomic mass is 10.1. The summed E-state index contributed by atoms with van der Waals surface area (Å²) in [6, 6.07) is 16.7. The van der Waals surface area contributed by atoms with E-state index in [0.29, 0.717) is 37.1 Å². The number of sulfonamides is 1. The quantitative estimate of drug-likeness (QED) is 0.746. The van der Waals surface area contributed by atoms with Gasteiger partial charge in [0.25, 0.3) is 0 Å². The van der Waals surface area contributed by atoms with E-state index in [9.17, 15) is 8.42 Å². The molecular weight excluding hydrogens is 382 g/mol. The molecule has 6 nitrogen and oxygen atoms in total. The summed E-state index contributed by atoms with van der Waals surface area (Å²) in [7, 11) is -3.54. The zero-order valence-electron chi connectivity index (χ0n) is 15.1. The van der Waals surface area contributed by atoms with Gasteiger partial charge < -0.3 is 15.4 Å². The van der Waals surface area contributed by atoms with Crippen LogP contribution in [0, 0.1) is 0 Å². The Morgan fingerprint density at radius 3 is 2.52 bits per heavy atom. The Hall–Kier alpha value is -2.00. The molecule has 2 aromatic rings. The molecule has 0 spiro atoms. The van der Waals surface area contributed by atoms with E-state index in [2.05, 4.69) is 10.6 Å². The van der Waals surface area contributed by atoms with Gasteiger partial charge in [-0.05, 0) is 42.9 Å². The van der Waals surface area contributed by atoms with E-state index in [-0.39, 0.29) is 10.9 Å². The third-order valence-corrected chi connectivity index (χ3v) is 6.46. The molecule has 0 aliphatic carbocycles. The number of hydrogen-bond acceptors (Lipinski definition) is 4. The van der Waals surface area contributed by atoms with Crippen molar-refractivity contribution < 1.29 is 13.2 Å². The van der Waals surface area contributed by atoms with Gasteiger partial charge in [-0.25, -0.2) is 8.42 Å². The number of ether oxygens (including phenoxy) is 1. The fraction of sp³-hybridized carbons (Fsp3) is 0.316. The molecule has 1 aliphatic rings. The number of thiocarbonyl (C=S) groups is 1. The average Bonchev–Trinajstić information content (AvgIpc) is 2.69. The molecule has 1 unspecified atom stereocenters. The van der Waals surface area contributed by atoms with Crippen molar-refractivity contribution in [2.45, 2.75) is 17.9 Å². The highest BCUT2D eigenvalue weighted by atomic mass is 32.2. The molecule has 3 rings (SSSR count). The first-order chi connectivity index (χ1) is 13.0. The van der Waals surface area contributed by atoms with Crippen molar-refractivity contribution in [3.63, 3.8) is 0 Å². The number of rotatable bonds is 5. The Balaban J connectivity index is 1.67. The van der Waals surface area contributed by atoms with Crippen LogP contribution < -0.4 is 10.6 Å². The molecule has 2 N–H and O–H groups in total. The van der Waals surface area contributed by atoms with Crippen LogP contribution in [0.4, 0.5) is 5.69 Å². The summed E-state index contributed by atoms with van der Waals surface area (Å²) in [5.74, 6) is 0. The molecule has 8 heteroatoms. The van der Waals surface area contributed by atoms with E-state index < -0.39 is 10.0 Å². The van der Waals surface area contributed by atoms with E-state index in [1.54, 1.807) is 24.3 Å². The molecule has 1 heterocycles. The Bertz CT molecular complexity index is 882. The molecule has 1 saturated heterocycles. The van der Waals surface area contributed by atoms with Crippen molar-refractivity contribution in [1.82, 2.24) is 9.62 Å². The van der Waals surface area contributed by atoms with Crippen LogP contribution >= 0.6 is 12.2 Å². The van der Waals surface area contributed by atoms with Crippen LogP contribution in [-0.4, -0.2) is 44.1 Å². The first-order valence-electron chi connectivity index (χ1n) is 8.77. The number of nitrogens with zero attached hydrogens (tertiary/aromatic N) is 1. The summed E-state index contributed by atoms with van der Waals surface area (Å²) >= 11 is 5.38. The molecule has 0 aromatic heterocycles. The minimum atomic E-state index is -3.54. The SMILES string of the molecule is CC(NC(=S)Nc1cccc(S(=O)(=O)N2CCOCC2)c1)c1ccccc1. The lowest BCUT2D eigenvalue weighted by Crippen LogP contribution is -2.40. The average molecular weight is 406 g/mol. The molecule has 0 bridgehead atoms. The molecule has 27 heavy (non-hydrogen) atoms. The third kappa shape index (κ3) is 5.04. The fourth-order valence-corrected chi connectivity index (χ4v) is 4.61. The van der Waals surface area contributed by atoms with Gasteiger partial charge in [-0.1, -0.05) is 36.4 Å². The van der Waals surface area contributed by atoms with Crippen LogP contribution in [0.1, 0.15) is 18.5 Å². The molecule has 1 fully saturated rings. The van der Waals surface area contributed by atoms with E-state index >= 15 is 0 Å². The van der Waals surface area contributed by atoms with Gasteiger partial charge in [-0.15, -0.1) is 0 Å². The summed E-state index contributed by atoms with van der Waals surface area (Å²) in [4.78, 5) is 0.244. The largest absolute Gasteiger partial charge is 0.379 e. The van der Waals surface area contributed by atoms with Gasteiger partial charge in [0, 0.05) is 18.8 Å². The molecule has 144 valence electrons. The molecule has 0 saturated carbocycles. The number of hydrogen-bond donors (Lipinski definition) is 2. The van der Waals surface area contributed by atoms with E-state index in [1.807, 2.05) is 37.3 Å². The Morgan fingerprint density at radius 2 is 1.81 bits per heavy atom. The maximum absolute atomic E-state index is 12.8. The molecule has 0 amide bonds. The highest BCUT2D eigenvalue weighted by Gasteiger charge is 2.26. The zero-order chi connectivity index (χ0) is 19.3. The van der Waals surface area contributed by atoms with Crippen LogP contribution in [0.25, 0.3) is 0 Å². The minimum Gasteiger partial charge on any atom is -0.379 e. The fourth-order valence-electron chi connectivity index (χ4n) is 2.86. The topological polar surface area (TPSA) is 70.7 Å². The highest BCUT2D eigenvalue weighted by molar-refractivity contribution is 7.89. The van der Waals surface area contributed by atoms with Gasteiger partial charge in [0.2, 0.25) is 10.0 Å². The van der Waals surface area contributed by atoms with Gasteiger partial charge in [0.05, 0.1) is 24.2 Å². The standard InChI is InChI=1S/C19H23N3O3S2/c1-15(16-6-3-2-4-7-16)20-19(26)21-17-8-5-9-18(14-17)27(23,24)22-10-12-25-13-11-22/h2-9,14-15H,10-13H2,1H3,(H2,20,21,26). The van der Waals surface area contributed by atoms with Crippen LogP contribution in [0.3, 0.4) is 0 Å². The van der Waals surface area contributed by atoms with Crippen LogP contribution in [-0.2, 0) is 14.8 Å². The van der Waals surface area contributed by atoms with Crippen molar-refractivity contribution in [2.75, 3.05) is 31.6 Å². The number of anilines is 1.